The molecule has 0 radical (unpaired) electrons. The molecule has 0 spiro atoms. The van der Waals surface area contributed by atoms with Gasteiger partial charge in [0.1, 0.15) is 11.9 Å². The lowest BCUT2D eigenvalue weighted by Crippen LogP contribution is -2.54. The molecule has 33 heavy (non-hydrogen) atoms. The number of carbonyl (C=O) groups is 2. The molecule has 6 nitrogen and oxygen atoms in total. The second kappa shape index (κ2) is 10.3. The van der Waals surface area contributed by atoms with Crippen LogP contribution >= 0.6 is 12.2 Å². The highest BCUT2D eigenvalue weighted by atomic mass is 32.1. The predicted octanol–water partition coefficient (Wildman–Crippen LogP) is 3.62. The normalized spacial score (nSPS) is 17.2. The van der Waals surface area contributed by atoms with Gasteiger partial charge in [0.25, 0.3) is 5.91 Å². The van der Waals surface area contributed by atoms with Gasteiger partial charge in [0, 0.05) is 30.4 Å². The lowest BCUT2D eigenvalue weighted by atomic mass is 9.88. The van der Waals surface area contributed by atoms with E-state index in [1.165, 1.54) is 12.1 Å². The monoisotopic (exact) mass is 468 g/mol. The van der Waals surface area contributed by atoms with Crippen molar-refractivity contribution in [2.75, 3.05) is 18.4 Å². The fraction of sp³-hybridized carbons (Fsp3) is 0.400. The van der Waals surface area contributed by atoms with E-state index >= 15 is 0 Å². The molecule has 8 heteroatoms. The van der Waals surface area contributed by atoms with Crippen molar-refractivity contribution in [3.8, 4) is 0 Å². The summed E-state index contributed by atoms with van der Waals surface area (Å²) < 4.78 is 13.1. The summed E-state index contributed by atoms with van der Waals surface area (Å²) in [5, 5.41) is 9.76. The Labute approximate surface area is 198 Å². The number of aryl methyl sites for hydroxylation is 1. The molecule has 1 aliphatic carbocycles. The number of nitrogens with one attached hydrogen (secondary N) is 3. The Balaban J connectivity index is 1.37. The third-order valence-corrected chi connectivity index (χ3v) is 6.56. The smallest absolute Gasteiger partial charge is 0.251 e. The molecule has 174 valence electrons. The summed E-state index contributed by atoms with van der Waals surface area (Å²) in [6, 6.07) is 13.0. The Morgan fingerprint density at radius 3 is 2.24 bits per heavy atom. The number of halogens is 1. The molecule has 1 unspecified atom stereocenters. The van der Waals surface area contributed by atoms with Gasteiger partial charge in [-0.15, -0.1) is 0 Å². The summed E-state index contributed by atoms with van der Waals surface area (Å²) in [5.41, 5.74) is 2.36. The van der Waals surface area contributed by atoms with Gasteiger partial charge < -0.3 is 20.9 Å². The topological polar surface area (TPSA) is 73.5 Å². The lowest BCUT2D eigenvalue weighted by Gasteiger charge is -2.37. The van der Waals surface area contributed by atoms with Crippen LogP contribution < -0.4 is 16.0 Å². The molecule has 1 saturated carbocycles. The van der Waals surface area contributed by atoms with E-state index in [1.807, 2.05) is 24.0 Å². The van der Waals surface area contributed by atoms with E-state index in [9.17, 15) is 14.0 Å². The van der Waals surface area contributed by atoms with Crippen molar-refractivity contribution in [3.63, 3.8) is 0 Å². The number of rotatable bonds is 6. The zero-order valence-corrected chi connectivity index (χ0v) is 19.5. The van der Waals surface area contributed by atoms with Crippen molar-refractivity contribution in [1.29, 1.82) is 0 Å². The van der Waals surface area contributed by atoms with Gasteiger partial charge >= 0.3 is 0 Å². The molecule has 2 aromatic carbocycles. The summed E-state index contributed by atoms with van der Waals surface area (Å²) in [4.78, 5) is 27.9. The van der Waals surface area contributed by atoms with Crippen LogP contribution in [0.4, 0.5) is 10.1 Å². The van der Waals surface area contributed by atoms with Crippen molar-refractivity contribution in [2.24, 2.45) is 5.92 Å². The highest BCUT2D eigenvalue weighted by molar-refractivity contribution is 7.80. The van der Waals surface area contributed by atoms with Gasteiger partial charge in [0.2, 0.25) is 5.91 Å². The summed E-state index contributed by atoms with van der Waals surface area (Å²) in [7, 11) is 0. The van der Waals surface area contributed by atoms with Crippen LogP contribution in [0.2, 0.25) is 0 Å². The van der Waals surface area contributed by atoms with Crippen LogP contribution in [-0.4, -0.2) is 47.0 Å². The van der Waals surface area contributed by atoms with E-state index < -0.39 is 6.04 Å². The third-order valence-electron chi connectivity index (χ3n) is 6.20. The Morgan fingerprint density at radius 2 is 1.64 bits per heavy atom. The molecule has 4 rings (SSSR count). The van der Waals surface area contributed by atoms with Crippen LogP contribution in [0.1, 0.15) is 41.6 Å². The van der Waals surface area contributed by atoms with Crippen LogP contribution in [0.25, 0.3) is 0 Å². The van der Waals surface area contributed by atoms with E-state index in [2.05, 4.69) is 16.0 Å². The van der Waals surface area contributed by atoms with Crippen LogP contribution in [0.5, 0.6) is 0 Å². The van der Waals surface area contributed by atoms with Gasteiger partial charge in [0.05, 0.1) is 0 Å². The van der Waals surface area contributed by atoms with Crippen molar-refractivity contribution >= 4 is 34.8 Å². The van der Waals surface area contributed by atoms with E-state index in [-0.39, 0.29) is 29.6 Å². The van der Waals surface area contributed by atoms with Gasteiger partial charge in [-0.2, -0.15) is 0 Å². The predicted molar refractivity (Wildman–Crippen MR) is 131 cm³/mol. The fourth-order valence-electron chi connectivity index (χ4n) is 4.02. The van der Waals surface area contributed by atoms with Gasteiger partial charge in [-0.1, -0.05) is 17.7 Å². The summed E-state index contributed by atoms with van der Waals surface area (Å²) >= 11 is 5.53. The highest BCUT2D eigenvalue weighted by Crippen LogP contribution is 2.25. The van der Waals surface area contributed by atoms with Gasteiger partial charge in [-0.25, -0.2) is 4.39 Å². The minimum Gasteiger partial charge on any atom is -0.352 e. The average Bonchev–Trinajstić information content (AvgIpc) is 3.63. The summed E-state index contributed by atoms with van der Waals surface area (Å²) in [5.74, 6) is -0.621. The Morgan fingerprint density at radius 1 is 1.00 bits per heavy atom. The molecule has 2 aromatic rings. The highest BCUT2D eigenvalue weighted by Gasteiger charge is 2.35. The summed E-state index contributed by atoms with van der Waals surface area (Å²) in [6.45, 7) is 3.31. The van der Waals surface area contributed by atoms with Gasteiger partial charge in [-0.05, 0) is 87.1 Å². The first kappa shape index (κ1) is 23.2. The van der Waals surface area contributed by atoms with Crippen molar-refractivity contribution in [1.82, 2.24) is 15.5 Å². The van der Waals surface area contributed by atoms with E-state index in [0.29, 0.717) is 23.8 Å². The summed E-state index contributed by atoms with van der Waals surface area (Å²) in [6.07, 6.45) is 3.43. The number of carbonyl (C=O) groups excluding carboxylic acids is 2. The first-order chi connectivity index (χ1) is 15.9. The van der Waals surface area contributed by atoms with E-state index in [1.54, 1.807) is 24.3 Å². The molecular weight excluding hydrogens is 439 g/mol. The number of hydrogen-bond acceptors (Lipinski definition) is 3. The zero-order chi connectivity index (χ0) is 23.4. The number of piperidine rings is 1. The van der Waals surface area contributed by atoms with Crippen molar-refractivity contribution < 1.29 is 14.0 Å². The Hall–Kier alpha value is -3.00. The third kappa shape index (κ3) is 6.28. The number of nitrogens with zero attached hydrogens (tertiary/aromatic N) is 1. The maximum atomic E-state index is 13.1. The van der Waals surface area contributed by atoms with Gasteiger partial charge in [0.15, 0.2) is 5.11 Å². The zero-order valence-electron chi connectivity index (χ0n) is 18.6. The van der Waals surface area contributed by atoms with Crippen LogP contribution in [0.3, 0.4) is 0 Å². The standard InChI is InChI=1S/C25H29FN4O2S/c1-16-2-4-18(5-3-16)23(31)29-22(24(32)27-20-10-11-20)17-12-14-30(15-13-17)25(33)28-21-8-6-19(26)7-9-21/h2-9,17,20,22H,10-15H2,1H3,(H,27,32)(H,28,33)(H,29,31). The molecular formula is C25H29FN4O2S. The molecule has 2 fully saturated rings. The number of benzene rings is 2. The van der Waals surface area contributed by atoms with Crippen LogP contribution in [-0.2, 0) is 4.79 Å². The number of thiocarbonyl (C=S) groups is 1. The minimum atomic E-state index is -0.583. The maximum absolute atomic E-state index is 13.1. The number of anilines is 1. The molecule has 1 saturated heterocycles. The molecule has 1 aliphatic heterocycles. The maximum Gasteiger partial charge on any atom is 0.251 e. The quantitative estimate of drug-likeness (QED) is 0.565. The SMILES string of the molecule is Cc1ccc(C(=O)NC(C(=O)NC2CC2)C2CCN(C(=S)Nc3ccc(F)cc3)CC2)cc1. The lowest BCUT2D eigenvalue weighted by molar-refractivity contribution is -0.124. The number of likely N-dealkylation sites (tertiary alicyclic amines) is 1. The molecule has 1 heterocycles. The molecule has 2 aliphatic rings. The Kier molecular flexibility index (Phi) is 7.23. The first-order valence-electron chi connectivity index (χ1n) is 11.4. The fourth-order valence-corrected chi connectivity index (χ4v) is 4.32. The average molecular weight is 469 g/mol. The van der Waals surface area contributed by atoms with E-state index in [0.717, 1.165) is 36.9 Å². The molecule has 0 aromatic heterocycles. The second-order valence-electron chi connectivity index (χ2n) is 8.86. The number of amides is 2. The molecule has 3 N–H and O–H groups in total. The van der Waals surface area contributed by atoms with Crippen LogP contribution in [0.15, 0.2) is 48.5 Å². The van der Waals surface area contributed by atoms with Crippen molar-refractivity contribution in [3.05, 3.63) is 65.5 Å². The van der Waals surface area contributed by atoms with Crippen LogP contribution in [0, 0.1) is 18.7 Å². The Bertz CT molecular complexity index is 1000. The molecule has 2 amide bonds. The number of hydrogen-bond donors (Lipinski definition) is 3. The molecule has 0 bridgehead atoms. The van der Waals surface area contributed by atoms with E-state index in [4.69, 9.17) is 12.2 Å². The molecule has 1 atom stereocenters. The first-order valence-corrected chi connectivity index (χ1v) is 11.8. The minimum absolute atomic E-state index is 0.0167. The van der Waals surface area contributed by atoms with Gasteiger partial charge in [-0.3, -0.25) is 9.59 Å². The van der Waals surface area contributed by atoms with Crippen molar-refractivity contribution in [2.45, 2.75) is 44.7 Å². The second-order valence-corrected chi connectivity index (χ2v) is 9.25. The largest absolute Gasteiger partial charge is 0.352 e.